The van der Waals surface area contributed by atoms with Crippen molar-refractivity contribution in [1.82, 2.24) is 5.32 Å². The molecule has 0 radical (unpaired) electrons. The van der Waals surface area contributed by atoms with Crippen molar-refractivity contribution < 1.29 is 19.1 Å². The highest BCUT2D eigenvalue weighted by molar-refractivity contribution is 5.85. The molecule has 1 unspecified atom stereocenters. The molecule has 0 heterocycles. The topological polar surface area (TPSA) is 64.6 Å². The Labute approximate surface area is 116 Å². The predicted molar refractivity (Wildman–Crippen MR) is 74.3 cm³/mol. The summed E-state index contributed by atoms with van der Waals surface area (Å²) >= 11 is 0. The molecule has 112 valence electrons. The fourth-order valence-corrected chi connectivity index (χ4v) is 1.41. The van der Waals surface area contributed by atoms with E-state index >= 15 is 0 Å². The highest BCUT2D eigenvalue weighted by atomic mass is 16.5. The summed E-state index contributed by atoms with van der Waals surface area (Å²) < 4.78 is 10.5. The molecule has 0 aromatic rings. The molecule has 5 heteroatoms. The Balaban J connectivity index is 3.50. The normalized spacial score (nSPS) is 14.1. The zero-order chi connectivity index (χ0) is 14.7. The van der Waals surface area contributed by atoms with Gasteiger partial charge in [-0.25, -0.2) is 0 Å². The summed E-state index contributed by atoms with van der Waals surface area (Å²) in [6.07, 6.45) is 1.26. The Kier molecular flexibility index (Phi) is 9.65. The van der Waals surface area contributed by atoms with Crippen LogP contribution in [0.3, 0.4) is 0 Å². The average Bonchev–Trinajstić information content (AvgIpc) is 2.40. The van der Waals surface area contributed by atoms with Crippen LogP contribution in [-0.2, 0) is 19.1 Å². The van der Waals surface area contributed by atoms with Gasteiger partial charge in [0.1, 0.15) is 12.4 Å². The number of nitrogens with one attached hydrogen (secondary N) is 1. The van der Waals surface area contributed by atoms with Gasteiger partial charge in [-0.1, -0.05) is 13.8 Å². The SMILES string of the molecule is CCC(=O)COCCOCCNC(C)(CC)C(C)=O. The average molecular weight is 273 g/mol. The standard InChI is InChI=1S/C14H27NO4/c1-5-13(17)11-19-10-9-18-8-7-15-14(4,6-2)12(3)16/h15H,5-11H2,1-4H3. The van der Waals surface area contributed by atoms with Crippen LogP contribution in [0.2, 0.25) is 0 Å². The van der Waals surface area contributed by atoms with E-state index in [1.165, 1.54) is 0 Å². The van der Waals surface area contributed by atoms with E-state index in [1.54, 1.807) is 6.92 Å². The lowest BCUT2D eigenvalue weighted by molar-refractivity contribution is -0.123. The van der Waals surface area contributed by atoms with E-state index in [0.717, 1.165) is 6.42 Å². The van der Waals surface area contributed by atoms with Crippen molar-refractivity contribution in [2.45, 2.75) is 46.1 Å². The minimum Gasteiger partial charge on any atom is -0.378 e. The van der Waals surface area contributed by atoms with Gasteiger partial charge in [0.05, 0.1) is 25.4 Å². The molecule has 1 N–H and O–H groups in total. The quantitative estimate of drug-likeness (QED) is 0.544. The second-order valence-electron chi connectivity index (χ2n) is 4.73. The molecule has 0 saturated heterocycles. The lowest BCUT2D eigenvalue weighted by Crippen LogP contribution is -2.49. The molecule has 0 saturated carbocycles. The maximum absolute atomic E-state index is 11.4. The third-order valence-electron chi connectivity index (χ3n) is 3.28. The van der Waals surface area contributed by atoms with Crippen molar-refractivity contribution in [1.29, 1.82) is 0 Å². The maximum atomic E-state index is 11.4. The van der Waals surface area contributed by atoms with Gasteiger partial charge in [0.2, 0.25) is 0 Å². The van der Waals surface area contributed by atoms with Gasteiger partial charge in [0.15, 0.2) is 5.78 Å². The fraction of sp³-hybridized carbons (Fsp3) is 0.857. The fourth-order valence-electron chi connectivity index (χ4n) is 1.41. The number of hydrogen-bond acceptors (Lipinski definition) is 5. The number of Topliss-reactive ketones (excluding diaryl/α,β-unsaturated/α-hetero) is 2. The molecule has 0 bridgehead atoms. The van der Waals surface area contributed by atoms with E-state index in [4.69, 9.17) is 9.47 Å². The number of hydrogen-bond donors (Lipinski definition) is 1. The Morgan fingerprint density at radius 3 is 2.26 bits per heavy atom. The molecular weight excluding hydrogens is 246 g/mol. The third kappa shape index (κ3) is 8.08. The van der Waals surface area contributed by atoms with Crippen molar-refractivity contribution in [3.05, 3.63) is 0 Å². The maximum Gasteiger partial charge on any atom is 0.158 e. The van der Waals surface area contributed by atoms with E-state index in [1.807, 2.05) is 20.8 Å². The molecule has 0 aliphatic rings. The molecule has 0 aromatic carbocycles. The van der Waals surface area contributed by atoms with Gasteiger partial charge < -0.3 is 14.8 Å². The van der Waals surface area contributed by atoms with E-state index in [0.29, 0.717) is 32.8 Å². The summed E-state index contributed by atoms with van der Waals surface area (Å²) in [5.41, 5.74) is -0.465. The first-order valence-corrected chi connectivity index (χ1v) is 6.89. The molecule has 0 fully saturated rings. The van der Waals surface area contributed by atoms with Gasteiger partial charge in [0, 0.05) is 13.0 Å². The molecule has 0 amide bonds. The molecule has 0 aromatic heterocycles. The molecule has 0 rings (SSSR count). The zero-order valence-electron chi connectivity index (χ0n) is 12.6. The van der Waals surface area contributed by atoms with Crippen LogP contribution in [-0.4, -0.2) is 50.1 Å². The van der Waals surface area contributed by atoms with E-state index in [-0.39, 0.29) is 18.2 Å². The van der Waals surface area contributed by atoms with Crippen LogP contribution in [0.25, 0.3) is 0 Å². The minimum absolute atomic E-state index is 0.0989. The van der Waals surface area contributed by atoms with Gasteiger partial charge >= 0.3 is 0 Å². The smallest absolute Gasteiger partial charge is 0.158 e. The Morgan fingerprint density at radius 1 is 1.11 bits per heavy atom. The lowest BCUT2D eigenvalue weighted by atomic mass is 9.94. The predicted octanol–water partition coefficient (Wildman–Crippen LogP) is 1.35. The van der Waals surface area contributed by atoms with Crippen LogP contribution < -0.4 is 5.32 Å². The Morgan fingerprint density at radius 2 is 1.74 bits per heavy atom. The number of ketones is 2. The molecule has 5 nitrogen and oxygen atoms in total. The van der Waals surface area contributed by atoms with Crippen molar-refractivity contribution in [3.8, 4) is 0 Å². The summed E-state index contributed by atoms with van der Waals surface area (Å²) in [7, 11) is 0. The van der Waals surface area contributed by atoms with Crippen LogP contribution in [0, 0.1) is 0 Å². The molecule has 0 spiro atoms. The molecular formula is C14H27NO4. The lowest BCUT2D eigenvalue weighted by Gasteiger charge is -2.26. The number of rotatable bonds is 12. The van der Waals surface area contributed by atoms with E-state index in [2.05, 4.69) is 5.32 Å². The third-order valence-corrected chi connectivity index (χ3v) is 3.28. The van der Waals surface area contributed by atoms with Crippen LogP contribution in [0.5, 0.6) is 0 Å². The monoisotopic (exact) mass is 273 g/mol. The first-order chi connectivity index (χ1) is 8.96. The van der Waals surface area contributed by atoms with Crippen LogP contribution in [0.1, 0.15) is 40.5 Å². The minimum atomic E-state index is -0.465. The van der Waals surface area contributed by atoms with E-state index < -0.39 is 5.54 Å². The highest BCUT2D eigenvalue weighted by Gasteiger charge is 2.26. The van der Waals surface area contributed by atoms with Gasteiger partial charge in [-0.05, 0) is 20.3 Å². The molecule has 0 aliphatic carbocycles. The summed E-state index contributed by atoms with van der Waals surface area (Å²) in [5.74, 6) is 0.234. The summed E-state index contributed by atoms with van der Waals surface area (Å²) in [5, 5.41) is 3.19. The van der Waals surface area contributed by atoms with Gasteiger partial charge in [-0.15, -0.1) is 0 Å². The second-order valence-corrected chi connectivity index (χ2v) is 4.73. The van der Waals surface area contributed by atoms with Crippen LogP contribution in [0.15, 0.2) is 0 Å². The first kappa shape index (κ1) is 18.2. The summed E-state index contributed by atoms with van der Waals surface area (Å²) in [4.78, 5) is 22.4. The molecule has 19 heavy (non-hydrogen) atoms. The zero-order valence-corrected chi connectivity index (χ0v) is 12.6. The van der Waals surface area contributed by atoms with Crippen molar-refractivity contribution in [2.24, 2.45) is 0 Å². The van der Waals surface area contributed by atoms with Gasteiger partial charge in [-0.2, -0.15) is 0 Å². The van der Waals surface area contributed by atoms with Crippen LogP contribution >= 0.6 is 0 Å². The summed E-state index contributed by atoms with van der Waals surface area (Å²) in [6.45, 7) is 9.47. The number of carbonyl (C=O) groups excluding carboxylic acids is 2. The van der Waals surface area contributed by atoms with Gasteiger partial charge in [-0.3, -0.25) is 9.59 Å². The largest absolute Gasteiger partial charge is 0.378 e. The Bertz CT molecular complexity index is 281. The number of carbonyl (C=O) groups is 2. The first-order valence-electron chi connectivity index (χ1n) is 6.89. The Hall–Kier alpha value is -0.780. The molecule has 1 atom stereocenters. The number of ether oxygens (including phenoxy) is 2. The second kappa shape index (κ2) is 10.1. The van der Waals surface area contributed by atoms with E-state index in [9.17, 15) is 9.59 Å². The molecule has 0 aliphatic heterocycles. The van der Waals surface area contributed by atoms with Crippen molar-refractivity contribution >= 4 is 11.6 Å². The van der Waals surface area contributed by atoms with Gasteiger partial charge in [0.25, 0.3) is 0 Å². The van der Waals surface area contributed by atoms with Crippen molar-refractivity contribution in [3.63, 3.8) is 0 Å². The summed E-state index contributed by atoms with van der Waals surface area (Å²) in [6, 6.07) is 0. The van der Waals surface area contributed by atoms with Crippen molar-refractivity contribution in [2.75, 3.05) is 33.0 Å². The highest BCUT2D eigenvalue weighted by Crippen LogP contribution is 2.09. The van der Waals surface area contributed by atoms with Crippen LogP contribution in [0.4, 0.5) is 0 Å².